The van der Waals surface area contributed by atoms with Crippen LogP contribution in [-0.2, 0) is 4.79 Å². The lowest BCUT2D eigenvalue weighted by molar-refractivity contribution is -0.533. The number of likely N-dealkylation sites (N-methyl/N-ethyl adjacent to an activating group) is 1. The Hall–Kier alpha value is -1.91. The molecule has 4 unspecified atom stereocenters. The molecular formula is C14H16N2O3. The van der Waals surface area contributed by atoms with Gasteiger partial charge in [-0.25, -0.2) is 0 Å². The zero-order valence-electron chi connectivity index (χ0n) is 10.9. The summed E-state index contributed by atoms with van der Waals surface area (Å²) in [5, 5.41) is 11.4. The third-order valence-electron chi connectivity index (χ3n) is 4.64. The summed E-state index contributed by atoms with van der Waals surface area (Å²) in [5.41, 5.74) is 1.96. The molecule has 0 aromatic heterocycles. The van der Waals surface area contributed by atoms with Crippen LogP contribution in [-0.4, -0.2) is 29.8 Å². The summed E-state index contributed by atoms with van der Waals surface area (Å²) >= 11 is 0. The first-order chi connectivity index (χ1) is 9.02. The van der Waals surface area contributed by atoms with Crippen LogP contribution in [0.3, 0.4) is 0 Å². The van der Waals surface area contributed by atoms with E-state index >= 15 is 0 Å². The lowest BCUT2D eigenvalue weighted by Gasteiger charge is -2.46. The number of Topliss-reactive ketones (excluding diaryl/α,β-unsaturated/α-hetero) is 1. The van der Waals surface area contributed by atoms with Gasteiger partial charge in [0.25, 0.3) is 0 Å². The summed E-state index contributed by atoms with van der Waals surface area (Å²) < 4.78 is 0. The number of rotatable bonds is 1. The minimum atomic E-state index is -0.687. The average Bonchev–Trinajstić information content (AvgIpc) is 2.39. The molecule has 19 heavy (non-hydrogen) atoms. The van der Waals surface area contributed by atoms with Crippen molar-refractivity contribution in [3.63, 3.8) is 0 Å². The number of ketones is 1. The van der Waals surface area contributed by atoms with E-state index in [1.54, 1.807) is 0 Å². The van der Waals surface area contributed by atoms with Crippen molar-refractivity contribution in [2.75, 3.05) is 11.9 Å². The molecule has 0 N–H and O–H groups in total. The van der Waals surface area contributed by atoms with Crippen LogP contribution in [0.25, 0.3) is 0 Å². The quantitative estimate of drug-likeness (QED) is 0.571. The molecule has 0 radical (unpaired) electrons. The van der Waals surface area contributed by atoms with E-state index in [9.17, 15) is 14.9 Å². The van der Waals surface area contributed by atoms with E-state index in [-0.39, 0.29) is 35.0 Å². The summed E-state index contributed by atoms with van der Waals surface area (Å²) in [7, 11) is 1.85. The SMILES string of the molecule is CC1C(=O)CC2C([N+](=O)[O-])C1c1ccccc1N2C. The lowest BCUT2D eigenvalue weighted by Crippen LogP contribution is -2.58. The summed E-state index contributed by atoms with van der Waals surface area (Å²) in [6, 6.07) is 6.71. The number of carbonyl (C=O) groups is 1. The van der Waals surface area contributed by atoms with Gasteiger partial charge in [0.15, 0.2) is 0 Å². The van der Waals surface area contributed by atoms with Gasteiger partial charge in [-0.1, -0.05) is 25.1 Å². The van der Waals surface area contributed by atoms with E-state index in [0.717, 1.165) is 11.3 Å². The van der Waals surface area contributed by atoms with Gasteiger partial charge in [-0.05, 0) is 11.6 Å². The molecule has 0 spiro atoms. The molecule has 1 aliphatic heterocycles. The van der Waals surface area contributed by atoms with Gasteiger partial charge in [-0.2, -0.15) is 0 Å². The van der Waals surface area contributed by atoms with Crippen molar-refractivity contribution in [3.8, 4) is 0 Å². The number of benzene rings is 1. The molecule has 5 nitrogen and oxygen atoms in total. The Bertz CT molecular complexity index is 557. The molecular weight excluding hydrogens is 244 g/mol. The molecule has 1 aliphatic carbocycles. The van der Waals surface area contributed by atoms with E-state index in [2.05, 4.69) is 0 Å². The van der Waals surface area contributed by atoms with Gasteiger partial charge in [0.05, 0.1) is 5.92 Å². The molecule has 1 aromatic rings. The van der Waals surface area contributed by atoms with Crippen LogP contribution >= 0.6 is 0 Å². The number of nitrogens with zero attached hydrogens (tertiary/aromatic N) is 2. The largest absolute Gasteiger partial charge is 0.364 e. The van der Waals surface area contributed by atoms with Gasteiger partial charge >= 0.3 is 0 Å². The second-order valence-electron chi connectivity index (χ2n) is 5.50. The number of nitro groups is 1. The van der Waals surface area contributed by atoms with E-state index in [4.69, 9.17) is 0 Å². The van der Waals surface area contributed by atoms with Crippen LogP contribution in [0.4, 0.5) is 5.69 Å². The molecule has 5 heteroatoms. The fraction of sp³-hybridized carbons (Fsp3) is 0.500. The summed E-state index contributed by atoms with van der Waals surface area (Å²) in [5.74, 6) is -0.440. The Morgan fingerprint density at radius 1 is 1.37 bits per heavy atom. The van der Waals surface area contributed by atoms with Crippen molar-refractivity contribution < 1.29 is 9.72 Å². The maximum atomic E-state index is 12.1. The van der Waals surface area contributed by atoms with Crippen LogP contribution in [0.15, 0.2) is 24.3 Å². The van der Waals surface area contributed by atoms with Gasteiger partial charge in [-0.3, -0.25) is 14.9 Å². The second kappa shape index (κ2) is 4.05. The maximum absolute atomic E-state index is 12.1. The van der Waals surface area contributed by atoms with Crippen LogP contribution in [0.1, 0.15) is 24.8 Å². The number of fused-ring (bicyclic) bond motifs is 4. The highest BCUT2D eigenvalue weighted by molar-refractivity contribution is 5.86. The maximum Gasteiger partial charge on any atom is 0.241 e. The fourth-order valence-electron chi connectivity index (χ4n) is 3.61. The van der Waals surface area contributed by atoms with Crippen LogP contribution in [0.5, 0.6) is 0 Å². The highest BCUT2D eigenvalue weighted by Crippen LogP contribution is 2.47. The Morgan fingerprint density at radius 2 is 2.05 bits per heavy atom. The Morgan fingerprint density at radius 3 is 2.74 bits per heavy atom. The van der Waals surface area contributed by atoms with Gasteiger partial charge in [-0.15, -0.1) is 0 Å². The zero-order valence-corrected chi connectivity index (χ0v) is 10.9. The molecule has 4 atom stereocenters. The van der Waals surface area contributed by atoms with Crippen LogP contribution in [0, 0.1) is 16.0 Å². The zero-order chi connectivity index (χ0) is 13.7. The van der Waals surface area contributed by atoms with Crippen molar-refractivity contribution in [1.82, 2.24) is 0 Å². The summed E-state index contributed by atoms with van der Waals surface area (Å²) in [4.78, 5) is 25.2. The Labute approximate surface area is 111 Å². The number of hydrogen-bond acceptors (Lipinski definition) is 4. The monoisotopic (exact) mass is 260 g/mol. The molecule has 2 bridgehead atoms. The molecule has 1 fully saturated rings. The van der Waals surface area contributed by atoms with Crippen molar-refractivity contribution >= 4 is 11.5 Å². The molecule has 0 amide bonds. The number of carbonyl (C=O) groups excluding carboxylic acids is 1. The Kier molecular flexibility index (Phi) is 2.59. The minimum absolute atomic E-state index is 0.134. The topological polar surface area (TPSA) is 63.4 Å². The molecule has 1 aromatic carbocycles. The summed E-state index contributed by atoms with van der Waals surface area (Å²) in [6.07, 6.45) is 0.272. The Balaban J connectivity index is 2.21. The normalized spacial score (nSPS) is 32.9. The first-order valence-electron chi connectivity index (χ1n) is 6.50. The van der Waals surface area contributed by atoms with Crippen molar-refractivity contribution in [3.05, 3.63) is 39.9 Å². The predicted octanol–water partition coefficient (Wildman–Crippen LogP) is 1.84. The van der Waals surface area contributed by atoms with E-state index in [1.807, 2.05) is 43.1 Å². The fourth-order valence-corrected chi connectivity index (χ4v) is 3.61. The minimum Gasteiger partial charge on any atom is -0.364 e. The molecule has 1 saturated carbocycles. The van der Waals surface area contributed by atoms with Crippen molar-refractivity contribution in [1.29, 1.82) is 0 Å². The van der Waals surface area contributed by atoms with E-state index < -0.39 is 6.04 Å². The van der Waals surface area contributed by atoms with Crippen molar-refractivity contribution in [2.45, 2.75) is 31.3 Å². The smallest absolute Gasteiger partial charge is 0.241 e. The van der Waals surface area contributed by atoms with Crippen LogP contribution in [0.2, 0.25) is 0 Å². The molecule has 100 valence electrons. The van der Waals surface area contributed by atoms with E-state index in [1.165, 1.54) is 0 Å². The molecule has 1 heterocycles. The first kappa shape index (κ1) is 12.1. The van der Waals surface area contributed by atoms with Crippen LogP contribution < -0.4 is 4.90 Å². The third kappa shape index (κ3) is 1.57. The molecule has 0 saturated heterocycles. The number of hydrogen-bond donors (Lipinski definition) is 0. The highest BCUT2D eigenvalue weighted by Gasteiger charge is 2.55. The second-order valence-corrected chi connectivity index (χ2v) is 5.50. The average molecular weight is 260 g/mol. The summed E-state index contributed by atoms with van der Waals surface area (Å²) in [6.45, 7) is 1.82. The van der Waals surface area contributed by atoms with Gasteiger partial charge < -0.3 is 4.90 Å². The number of anilines is 1. The van der Waals surface area contributed by atoms with Gasteiger partial charge in [0, 0.05) is 30.0 Å². The van der Waals surface area contributed by atoms with E-state index in [0.29, 0.717) is 0 Å². The third-order valence-corrected chi connectivity index (χ3v) is 4.64. The highest BCUT2D eigenvalue weighted by atomic mass is 16.6. The molecule has 2 aliphatic rings. The molecule has 3 rings (SSSR count). The van der Waals surface area contributed by atoms with Gasteiger partial charge in [0.2, 0.25) is 6.04 Å². The standard InChI is InChI=1S/C14H16N2O3/c1-8-12(17)7-11-14(16(18)19)13(8)9-5-3-4-6-10(9)15(11)2/h3-6,8,11,13-14H,7H2,1-2H3. The van der Waals surface area contributed by atoms with Crippen molar-refractivity contribution in [2.24, 2.45) is 5.92 Å². The first-order valence-corrected chi connectivity index (χ1v) is 6.50. The predicted molar refractivity (Wildman–Crippen MR) is 70.9 cm³/mol. The van der Waals surface area contributed by atoms with Gasteiger partial charge in [0.1, 0.15) is 11.8 Å². The number of para-hydroxylation sites is 1. The lowest BCUT2D eigenvalue weighted by atomic mass is 9.67.